The van der Waals surface area contributed by atoms with Crippen LogP contribution in [0, 0.1) is 13.8 Å². The zero-order valence-electron chi connectivity index (χ0n) is 21.4. The van der Waals surface area contributed by atoms with E-state index in [2.05, 4.69) is 10.6 Å². The third-order valence-corrected chi connectivity index (χ3v) is 7.63. The van der Waals surface area contributed by atoms with Gasteiger partial charge >= 0.3 is 29.6 Å². The molecular formula is C25H29N2NaO7S2. The van der Waals surface area contributed by atoms with Crippen LogP contribution in [0.1, 0.15) is 47.6 Å². The molecule has 0 bridgehead atoms. The number of anilines is 2. The van der Waals surface area contributed by atoms with Gasteiger partial charge in [0.1, 0.15) is 0 Å². The molecular weight excluding hydrogens is 527 g/mol. The van der Waals surface area contributed by atoms with Crippen LogP contribution >= 0.6 is 0 Å². The summed E-state index contributed by atoms with van der Waals surface area (Å²) in [6, 6.07) is 12.2. The van der Waals surface area contributed by atoms with Crippen molar-refractivity contribution in [2.24, 2.45) is 0 Å². The van der Waals surface area contributed by atoms with Crippen LogP contribution in [0.3, 0.4) is 0 Å². The van der Waals surface area contributed by atoms with Gasteiger partial charge in [0, 0.05) is 30.4 Å². The van der Waals surface area contributed by atoms with E-state index in [9.17, 15) is 31.0 Å². The fourth-order valence-corrected chi connectivity index (χ4v) is 5.67. The van der Waals surface area contributed by atoms with E-state index < -0.39 is 41.7 Å². The van der Waals surface area contributed by atoms with E-state index in [4.69, 9.17) is 0 Å². The molecule has 0 fully saturated rings. The molecule has 3 aromatic rings. The third kappa shape index (κ3) is 7.05. The second-order valence-electron chi connectivity index (χ2n) is 8.43. The average Bonchev–Trinajstić information content (AvgIpc) is 2.76. The molecule has 0 aliphatic rings. The Balaban J connectivity index is 0.00000481. The molecule has 0 heterocycles. The fraction of sp³-hybridized carbons (Fsp3) is 0.280. The molecule has 0 spiro atoms. The number of nitrogens with one attached hydrogen (secondary N) is 2. The van der Waals surface area contributed by atoms with Gasteiger partial charge in [0.2, 0.25) is 0 Å². The monoisotopic (exact) mass is 556 g/mol. The summed E-state index contributed by atoms with van der Waals surface area (Å²) in [5.41, 5.74) is 4.61. The minimum absolute atomic E-state index is 0. The predicted octanol–water partition coefficient (Wildman–Crippen LogP) is 0.918. The van der Waals surface area contributed by atoms with Crippen LogP contribution in [0.25, 0.3) is 0 Å². The van der Waals surface area contributed by atoms with Crippen LogP contribution < -0.4 is 45.3 Å². The summed E-state index contributed by atoms with van der Waals surface area (Å²) in [6.07, 6.45) is 0. The largest absolute Gasteiger partial charge is 1.00 e. The van der Waals surface area contributed by atoms with E-state index in [1.54, 1.807) is 12.1 Å². The van der Waals surface area contributed by atoms with Crippen LogP contribution in [-0.2, 0) is 20.2 Å². The first-order valence-electron chi connectivity index (χ1n) is 11.3. The molecule has 37 heavy (non-hydrogen) atoms. The van der Waals surface area contributed by atoms with Crippen LogP contribution in [0.5, 0.6) is 5.75 Å². The van der Waals surface area contributed by atoms with Crippen molar-refractivity contribution in [3.63, 3.8) is 0 Å². The Morgan fingerprint density at radius 3 is 1.54 bits per heavy atom. The maximum Gasteiger partial charge on any atom is 1.00 e. The molecule has 0 aliphatic heterocycles. The molecule has 3 rings (SSSR count). The minimum atomic E-state index is -5.03. The normalized spacial score (nSPS) is 11.8. The van der Waals surface area contributed by atoms with Gasteiger partial charge < -0.3 is 15.7 Å². The molecule has 0 radical (unpaired) electrons. The summed E-state index contributed by atoms with van der Waals surface area (Å²) in [6.45, 7) is 9.05. The SMILES string of the molecule is CCNc1ccc(C(c2ccc(NCC)c(C)c2)c2cc([O-])c(S(=O)(=O)O)cc2S(=O)(=O)O)cc1C.[Na+]. The first kappa shape index (κ1) is 31.1. The number of hydrogen-bond donors (Lipinski definition) is 4. The summed E-state index contributed by atoms with van der Waals surface area (Å²) in [4.78, 5) is -1.91. The molecule has 12 heteroatoms. The minimum Gasteiger partial charge on any atom is -0.872 e. The van der Waals surface area contributed by atoms with Crippen molar-refractivity contribution in [2.75, 3.05) is 23.7 Å². The molecule has 0 amide bonds. The quantitative estimate of drug-likeness (QED) is 0.171. The topological polar surface area (TPSA) is 156 Å². The smallest absolute Gasteiger partial charge is 0.872 e. The maximum atomic E-state index is 12.7. The molecule has 0 aliphatic carbocycles. The number of rotatable bonds is 9. The van der Waals surface area contributed by atoms with E-state index in [1.807, 2.05) is 52.0 Å². The Hall–Kier alpha value is -2.12. The van der Waals surface area contributed by atoms with Crippen molar-refractivity contribution >= 4 is 31.6 Å². The summed E-state index contributed by atoms with van der Waals surface area (Å²) >= 11 is 0. The fourth-order valence-electron chi connectivity index (χ4n) is 4.27. The summed E-state index contributed by atoms with van der Waals surface area (Å²) in [5, 5.41) is 19.2. The van der Waals surface area contributed by atoms with Gasteiger partial charge in [-0.1, -0.05) is 36.1 Å². The summed E-state index contributed by atoms with van der Waals surface area (Å²) in [7, 11) is -10.0. The summed E-state index contributed by atoms with van der Waals surface area (Å²) < 4.78 is 67.6. The van der Waals surface area contributed by atoms with Crippen molar-refractivity contribution in [1.29, 1.82) is 0 Å². The first-order valence-corrected chi connectivity index (χ1v) is 14.1. The van der Waals surface area contributed by atoms with E-state index >= 15 is 0 Å². The van der Waals surface area contributed by atoms with Crippen LogP contribution in [0.4, 0.5) is 11.4 Å². The standard InChI is InChI=1S/C25H30N2O7S2.Na/c1-5-26-20-9-7-17(11-15(20)3)25(18-8-10-21(27-6-2)16(4)12-18)19-13-22(28)24(36(32,33)34)14-23(19)35(29,30)31;/h7-14,25-28H,5-6H2,1-4H3,(H,29,30,31)(H,32,33,34);/q;+1/p-1. The van der Waals surface area contributed by atoms with E-state index in [1.165, 1.54) is 0 Å². The van der Waals surface area contributed by atoms with Crippen LogP contribution in [0.15, 0.2) is 58.3 Å². The van der Waals surface area contributed by atoms with Crippen LogP contribution in [-0.4, -0.2) is 39.0 Å². The molecule has 0 unspecified atom stereocenters. The van der Waals surface area contributed by atoms with Crippen molar-refractivity contribution < 1.29 is 60.6 Å². The molecule has 0 saturated heterocycles. The molecule has 0 atom stereocenters. The maximum absolute atomic E-state index is 12.7. The van der Waals surface area contributed by atoms with Crippen molar-refractivity contribution in [3.8, 4) is 5.75 Å². The van der Waals surface area contributed by atoms with Gasteiger partial charge in [-0.15, -0.1) is 0 Å². The van der Waals surface area contributed by atoms with Crippen molar-refractivity contribution in [3.05, 3.63) is 76.3 Å². The van der Waals surface area contributed by atoms with Gasteiger partial charge in [0.05, 0.1) is 9.79 Å². The Kier molecular flexibility index (Phi) is 10.2. The molecule has 4 N–H and O–H groups in total. The first-order chi connectivity index (χ1) is 16.8. The average molecular weight is 557 g/mol. The third-order valence-electron chi connectivity index (χ3n) is 5.85. The van der Waals surface area contributed by atoms with Gasteiger partial charge in [0.25, 0.3) is 20.2 Å². The van der Waals surface area contributed by atoms with E-state index in [-0.39, 0.29) is 35.1 Å². The van der Waals surface area contributed by atoms with Gasteiger partial charge in [-0.05, 0) is 73.7 Å². The van der Waals surface area contributed by atoms with E-state index in [0.717, 1.165) is 28.6 Å². The van der Waals surface area contributed by atoms with Crippen molar-refractivity contribution in [2.45, 2.75) is 43.4 Å². The Morgan fingerprint density at radius 2 is 1.19 bits per heavy atom. The summed E-state index contributed by atoms with van der Waals surface area (Å²) in [5.74, 6) is -1.94. The second kappa shape index (κ2) is 12.2. The van der Waals surface area contributed by atoms with Gasteiger partial charge in [0.15, 0.2) is 0 Å². The number of aryl methyl sites for hydroxylation is 2. The zero-order valence-corrected chi connectivity index (χ0v) is 25.0. The molecule has 9 nitrogen and oxygen atoms in total. The Labute approximate surface area is 240 Å². The molecule has 3 aromatic carbocycles. The van der Waals surface area contributed by atoms with Gasteiger partial charge in [-0.3, -0.25) is 9.11 Å². The van der Waals surface area contributed by atoms with E-state index in [0.29, 0.717) is 30.3 Å². The number of benzene rings is 3. The molecule has 0 saturated carbocycles. The Bertz CT molecular complexity index is 1450. The second-order valence-corrected chi connectivity index (χ2v) is 11.2. The zero-order chi connectivity index (χ0) is 26.8. The van der Waals surface area contributed by atoms with Gasteiger partial charge in [-0.2, -0.15) is 16.8 Å². The number of hydrogen-bond acceptors (Lipinski definition) is 7. The van der Waals surface area contributed by atoms with Gasteiger partial charge in [-0.25, -0.2) is 0 Å². The Morgan fingerprint density at radius 1 is 0.757 bits per heavy atom. The molecule has 0 aromatic heterocycles. The van der Waals surface area contributed by atoms with Crippen LogP contribution in [0.2, 0.25) is 0 Å². The predicted molar refractivity (Wildman–Crippen MR) is 137 cm³/mol. The molecule has 194 valence electrons. The van der Waals surface area contributed by atoms with Crippen molar-refractivity contribution in [1.82, 2.24) is 0 Å².